The zero-order chi connectivity index (χ0) is 12.4. The third kappa shape index (κ3) is 2.22. The molecule has 2 N–H and O–H groups in total. The maximum absolute atomic E-state index is 5.60. The molecule has 0 spiro atoms. The van der Waals surface area contributed by atoms with Gasteiger partial charge in [0.05, 0.1) is 5.52 Å². The molecule has 0 fully saturated rings. The number of nitrogens with two attached hydrogens (primary N) is 1. The number of rotatable bonds is 4. The smallest absolute Gasteiger partial charge is 0.0515 e. The van der Waals surface area contributed by atoms with E-state index >= 15 is 0 Å². The van der Waals surface area contributed by atoms with Crippen molar-refractivity contribution in [1.82, 2.24) is 4.57 Å². The van der Waals surface area contributed by atoms with Crippen LogP contribution in [0.5, 0.6) is 0 Å². The summed E-state index contributed by atoms with van der Waals surface area (Å²) in [7, 11) is 2.14. The lowest BCUT2D eigenvalue weighted by molar-refractivity contribution is 0.828. The number of fused-ring (bicyclic) bond motifs is 1. The first-order valence-electron chi connectivity index (χ1n) is 6.42. The van der Waals surface area contributed by atoms with Crippen LogP contribution in [-0.2, 0) is 13.5 Å². The van der Waals surface area contributed by atoms with Gasteiger partial charge in [0.15, 0.2) is 0 Å². The van der Waals surface area contributed by atoms with Gasteiger partial charge in [0, 0.05) is 18.6 Å². The fraction of sp³-hybridized carbons (Fsp3) is 0.467. The molecule has 0 saturated carbocycles. The predicted octanol–water partition coefficient (Wildman–Crippen LogP) is 3.19. The van der Waals surface area contributed by atoms with Gasteiger partial charge in [0.1, 0.15) is 0 Å². The van der Waals surface area contributed by atoms with Crippen LogP contribution in [0.3, 0.4) is 0 Å². The molecule has 1 aromatic carbocycles. The Labute approximate surface area is 103 Å². The Bertz CT molecular complexity index is 509. The zero-order valence-electron chi connectivity index (χ0n) is 11.0. The van der Waals surface area contributed by atoms with Crippen LogP contribution in [-0.4, -0.2) is 11.1 Å². The zero-order valence-corrected chi connectivity index (χ0v) is 11.0. The third-order valence-electron chi connectivity index (χ3n) is 3.39. The van der Waals surface area contributed by atoms with Crippen LogP contribution in [0.25, 0.3) is 10.9 Å². The molecule has 0 saturated heterocycles. The average molecular weight is 230 g/mol. The molecule has 0 aliphatic rings. The molecule has 0 radical (unpaired) electrons. The largest absolute Gasteiger partial charge is 0.350 e. The molecule has 0 amide bonds. The van der Waals surface area contributed by atoms with Gasteiger partial charge in [-0.1, -0.05) is 32.0 Å². The molecule has 17 heavy (non-hydrogen) atoms. The van der Waals surface area contributed by atoms with Gasteiger partial charge in [0.25, 0.3) is 0 Å². The van der Waals surface area contributed by atoms with Crippen molar-refractivity contribution in [2.24, 2.45) is 12.8 Å². The summed E-state index contributed by atoms with van der Waals surface area (Å²) in [5.74, 6) is 0.564. The number of benzene rings is 1. The van der Waals surface area contributed by atoms with Gasteiger partial charge < -0.3 is 10.3 Å². The van der Waals surface area contributed by atoms with Crippen LogP contribution < -0.4 is 5.73 Å². The number of hydrogen-bond acceptors (Lipinski definition) is 1. The summed E-state index contributed by atoms with van der Waals surface area (Å²) < 4.78 is 2.26. The van der Waals surface area contributed by atoms with E-state index < -0.39 is 0 Å². The standard InChI is InChI=1S/C15H22N2/c1-11(2)13-7-4-8-14-12(6-5-9-16)10-17(3)15(13)14/h4,7-8,10-11H,5-6,9,16H2,1-3H3. The first kappa shape index (κ1) is 12.2. The molecule has 1 heterocycles. The van der Waals surface area contributed by atoms with E-state index in [2.05, 4.69) is 49.9 Å². The highest BCUT2D eigenvalue weighted by Crippen LogP contribution is 2.29. The fourth-order valence-electron chi connectivity index (χ4n) is 2.54. The van der Waals surface area contributed by atoms with E-state index in [4.69, 9.17) is 5.73 Å². The molecule has 1 aromatic heterocycles. The predicted molar refractivity (Wildman–Crippen MR) is 74.4 cm³/mol. The van der Waals surface area contributed by atoms with Crippen LogP contribution in [0.15, 0.2) is 24.4 Å². The average Bonchev–Trinajstić information content (AvgIpc) is 2.64. The SMILES string of the molecule is CC(C)c1cccc2c(CCCN)cn(C)c12. The summed E-state index contributed by atoms with van der Waals surface area (Å²) in [6, 6.07) is 6.64. The molecule has 2 heteroatoms. The van der Waals surface area contributed by atoms with E-state index in [1.165, 1.54) is 22.0 Å². The van der Waals surface area contributed by atoms with Crippen molar-refractivity contribution in [2.75, 3.05) is 6.54 Å². The Kier molecular flexibility index (Phi) is 3.53. The Morgan fingerprint density at radius 1 is 1.29 bits per heavy atom. The fourth-order valence-corrected chi connectivity index (χ4v) is 2.54. The first-order valence-corrected chi connectivity index (χ1v) is 6.42. The van der Waals surface area contributed by atoms with Crippen LogP contribution >= 0.6 is 0 Å². The van der Waals surface area contributed by atoms with E-state index in [0.717, 1.165) is 19.4 Å². The molecule has 92 valence electrons. The second-order valence-electron chi connectivity index (χ2n) is 5.06. The molecule has 0 aliphatic heterocycles. The minimum Gasteiger partial charge on any atom is -0.350 e. The molecule has 2 aromatic rings. The van der Waals surface area contributed by atoms with Gasteiger partial charge in [0.2, 0.25) is 0 Å². The van der Waals surface area contributed by atoms with E-state index in [1.54, 1.807) is 0 Å². The van der Waals surface area contributed by atoms with Gasteiger partial charge in [-0.25, -0.2) is 0 Å². The van der Waals surface area contributed by atoms with Crippen molar-refractivity contribution in [1.29, 1.82) is 0 Å². The molecule has 0 atom stereocenters. The van der Waals surface area contributed by atoms with Crippen molar-refractivity contribution in [2.45, 2.75) is 32.6 Å². The lowest BCUT2D eigenvalue weighted by Crippen LogP contribution is -1.99. The van der Waals surface area contributed by atoms with E-state index in [-0.39, 0.29) is 0 Å². The topological polar surface area (TPSA) is 30.9 Å². The number of nitrogens with zero attached hydrogens (tertiary/aromatic N) is 1. The van der Waals surface area contributed by atoms with Crippen LogP contribution in [0.2, 0.25) is 0 Å². The van der Waals surface area contributed by atoms with Crippen molar-refractivity contribution in [3.8, 4) is 0 Å². The van der Waals surface area contributed by atoms with Gasteiger partial charge in [-0.15, -0.1) is 0 Å². The van der Waals surface area contributed by atoms with Gasteiger partial charge >= 0.3 is 0 Å². The summed E-state index contributed by atoms with van der Waals surface area (Å²) in [5.41, 5.74) is 9.84. The van der Waals surface area contributed by atoms with Gasteiger partial charge in [-0.05, 0) is 36.4 Å². The summed E-state index contributed by atoms with van der Waals surface area (Å²) in [5, 5.41) is 1.40. The van der Waals surface area contributed by atoms with E-state index in [0.29, 0.717) is 5.92 Å². The maximum atomic E-state index is 5.60. The highest BCUT2D eigenvalue weighted by Gasteiger charge is 2.11. The quantitative estimate of drug-likeness (QED) is 0.859. The summed E-state index contributed by atoms with van der Waals surface area (Å²) in [6.45, 7) is 5.27. The minimum atomic E-state index is 0.564. The molecular weight excluding hydrogens is 208 g/mol. The first-order chi connectivity index (χ1) is 8.15. The molecule has 0 aliphatic carbocycles. The number of hydrogen-bond donors (Lipinski definition) is 1. The molecule has 2 rings (SSSR count). The number of para-hydroxylation sites is 1. The lowest BCUT2D eigenvalue weighted by Gasteiger charge is -2.09. The highest BCUT2D eigenvalue weighted by molar-refractivity contribution is 5.87. The minimum absolute atomic E-state index is 0.564. The molecule has 0 unspecified atom stereocenters. The van der Waals surface area contributed by atoms with Crippen molar-refractivity contribution in [3.63, 3.8) is 0 Å². The molecule has 0 bridgehead atoms. The van der Waals surface area contributed by atoms with E-state index in [9.17, 15) is 0 Å². The van der Waals surface area contributed by atoms with Gasteiger partial charge in [-0.3, -0.25) is 0 Å². The normalized spacial score (nSPS) is 11.6. The van der Waals surface area contributed by atoms with Crippen molar-refractivity contribution in [3.05, 3.63) is 35.5 Å². The monoisotopic (exact) mass is 230 g/mol. The third-order valence-corrected chi connectivity index (χ3v) is 3.39. The molecule has 2 nitrogen and oxygen atoms in total. The highest BCUT2D eigenvalue weighted by atomic mass is 14.9. The second kappa shape index (κ2) is 4.92. The number of aryl methyl sites for hydroxylation is 2. The summed E-state index contributed by atoms with van der Waals surface area (Å²) in [6.07, 6.45) is 4.40. The Balaban J connectivity index is 2.56. The Hall–Kier alpha value is -1.28. The van der Waals surface area contributed by atoms with Crippen molar-refractivity contribution >= 4 is 10.9 Å². The van der Waals surface area contributed by atoms with Crippen LogP contribution in [0.4, 0.5) is 0 Å². The van der Waals surface area contributed by atoms with Gasteiger partial charge in [-0.2, -0.15) is 0 Å². The lowest BCUT2D eigenvalue weighted by atomic mass is 9.99. The molecular formula is C15H22N2. The number of aromatic nitrogens is 1. The van der Waals surface area contributed by atoms with Crippen LogP contribution in [0, 0.1) is 0 Å². The summed E-state index contributed by atoms with van der Waals surface area (Å²) in [4.78, 5) is 0. The maximum Gasteiger partial charge on any atom is 0.0515 e. The Morgan fingerprint density at radius 2 is 2.06 bits per heavy atom. The van der Waals surface area contributed by atoms with Crippen molar-refractivity contribution < 1.29 is 0 Å². The van der Waals surface area contributed by atoms with Crippen LogP contribution in [0.1, 0.15) is 37.3 Å². The Morgan fingerprint density at radius 3 is 2.71 bits per heavy atom. The summed E-state index contributed by atoms with van der Waals surface area (Å²) >= 11 is 0. The van der Waals surface area contributed by atoms with E-state index in [1.807, 2.05) is 0 Å². The second-order valence-corrected chi connectivity index (χ2v) is 5.06.